The molecule has 2 rings (SSSR count). The predicted molar refractivity (Wildman–Crippen MR) is 84.2 cm³/mol. The third-order valence-electron chi connectivity index (χ3n) is 3.05. The molecule has 0 unspecified atom stereocenters. The van der Waals surface area contributed by atoms with Crippen molar-refractivity contribution in [3.63, 3.8) is 0 Å². The first-order valence-corrected chi connectivity index (χ1v) is 6.99. The number of ether oxygens (including phenoxy) is 1. The third kappa shape index (κ3) is 5.44. The summed E-state index contributed by atoms with van der Waals surface area (Å²) in [7, 11) is 4.04. The minimum absolute atomic E-state index is 0.213. The molecule has 0 amide bonds. The zero-order valence-electron chi connectivity index (χ0n) is 12.5. The van der Waals surface area contributed by atoms with E-state index in [2.05, 4.69) is 10.2 Å². The molecule has 0 radical (unpaired) electrons. The summed E-state index contributed by atoms with van der Waals surface area (Å²) in [6, 6.07) is 14.4. The first kappa shape index (κ1) is 15.3. The van der Waals surface area contributed by atoms with Crippen molar-refractivity contribution in [2.75, 3.05) is 32.6 Å². The number of halogens is 1. The quantitative estimate of drug-likeness (QED) is 0.845. The highest BCUT2D eigenvalue weighted by atomic mass is 19.1. The lowest BCUT2D eigenvalue weighted by Gasteiger charge is -2.12. The van der Waals surface area contributed by atoms with Gasteiger partial charge < -0.3 is 15.0 Å². The van der Waals surface area contributed by atoms with Gasteiger partial charge in [-0.15, -0.1) is 0 Å². The van der Waals surface area contributed by atoms with E-state index in [0.29, 0.717) is 13.2 Å². The SMILES string of the molecule is CN(C)CCOc1cccc(NCc2ccc(F)cc2)c1. The zero-order valence-corrected chi connectivity index (χ0v) is 12.5. The van der Waals surface area contributed by atoms with Crippen LogP contribution in [-0.4, -0.2) is 32.1 Å². The Hall–Kier alpha value is -2.07. The Morgan fingerprint density at radius 1 is 1.10 bits per heavy atom. The molecule has 112 valence electrons. The van der Waals surface area contributed by atoms with Crippen molar-refractivity contribution < 1.29 is 9.13 Å². The molecule has 0 aromatic heterocycles. The second-order valence-electron chi connectivity index (χ2n) is 5.16. The second kappa shape index (κ2) is 7.64. The molecule has 0 bridgehead atoms. The Morgan fingerprint density at radius 3 is 2.57 bits per heavy atom. The third-order valence-corrected chi connectivity index (χ3v) is 3.05. The summed E-state index contributed by atoms with van der Waals surface area (Å²) in [4.78, 5) is 2.08. The number of rotatable bonds is 7. The molecule has 0 aliphatic heterocycles. The van der Waals surface area contributed by atoms with Crippen molar-refractivity contribution in [1.29, 1.82) is 0 Å². The average molecular weight is 288 g/mol. The summed E-state index contributed by atoms with van der Waals surface area (Å²) in [5, 5.41) is 3.31. The molecule has 0 atom stereocenters. The molecular weight excluding hydrogens is 267 g/mol. The van der Waals surface area contributed by atoms with Crippen LogP contribution in [0.15, 0.2) is 48.5 Å². The van der Waals surface area contributed by atoms with Crippen LogP contribution in [0, 0.1) is 5.82 Å². The van der Waals surface area contributed by atoms with Crippen molar-refractivity contribution in [3.8, 4) is 5.75 Å². The summed E-state index contributed by atoms with van der Waals surface area (Å²) in [5.74, 6) is 0.635. The smallest absolute Gasteiger partial charge is 0.123 e. The summed E-state index contributed by atoms with van der Waals surface area (Å²) in [5.41, 5.74) is 2.03. The van der Waals surface area contributed by atoms with Gasteiger partial charge in [0.15, 0.2) is 0 Å². The molecule has 2 aromatic rings. The minimum atomic E-state index is -0.213. The first-order valence-electron chi connectivity index (χ1n) is 6.99. The van der Waals surface area contributed by atoms with Crippen molar-refractivity contribution >= 4 is 5.69 Å². The molecule has 2 aromatic carbocycles. The van der Waals surface area contributed by atoms with Gasteiger partial charge in [-0.25, -0.2) is 4.39 Å². The van der Waals surface area contributed by atoms with Gasteiger partial charge in [-0.2, -0.15) is 0 Å². The largest absolute Gasteiger partial charge is 0.492 e. The first-order chi connectivity index (χ1) is 10.1. The van der Waals surface area contributed by atoms with E-state index in [0.717, 1.165) is 23.5 Å². The maximum Gasteiger partial charge on any atom is 0.123 e. The fraction of sp³-hybridized carbons (Fsp3) is 0.294. The lowest BCUT2D eigenvalue weighted by Crippen LogP contribution is -2.19. The average Bonchev–Trinajstić information content (AvgIpc) is 2.47. The summed E-state index contributed by atoms with van der Waals surface area (Å²) in [6.45, 7) is 2.20. The van der Waals surface area contributed by atoms with Crippen molar-refractivity contribution in [3.05, 3.63) is 59.9 Å². The molecule has 21 heavy (non-hydrogen) atoms. The van der Waals surface area contributed by atoms with Crippen LogP contribution >= 0.6 is 0 Å². The van der Waals surface area contributed by atoms with E-state index in [1.807, 2.05) is 38.4 Å². The van der Waals surface area contributed by atoms with E-state index in [1.165, 1.54) is 12.1 Å². The number of likely N-dealkylation sites (N-methyl/N-ethyl adjacent to an activating group) is 1. The van der Waals surface area contributed by atoms with Gasteiger partial charge in [0.2, 0.25) is 0 Å². The Kier molecular flexibility index (Phi) is 5.58. The fourth-order valence-corrected chi connectivity index (χ4v) is 1.85. The molecule has 0 aliphatic rings. The molecule has 0 fully saturated rings. The molecule has 4 heteroatoms. The molecule has 0 aliphatic carbocycles. The highest BCUT2D eigenvalue weighted by molar-refractivity contribution is 5.48. The van der Waals surface area contributed by atoms with Crippen LogP contribution in [0.25, 0.3) is 0 Å². The lowest BCUT2D eigenvalue weighted by molar-refractivity contribution is 0.261. The Morgan fingerprint density at radius 2 is 1.86 bits per heavy atom. The Balaban J connectivity index is 1.87. The Bertz CT molecular complexity index is 555. The van der Waals surface area contributed by atoms with Crippen LogP contribution in [0.2, 0.25) is 0 Å². The predicted octanol–water partition coefficient (Wildman–Crippen LogP) is 3.38. The van der Waals surface area contributed by atoms with E-state index in [-0.39, 0.29) is 5.82 Å². The monoisotopic (exact) mass is 288 g/mol. The maximum absolute atomic E-state index is 12.8. The standard InChI is InChI=1S/C17H21FN2O/c1-20(2)10-11-21-17-5-3-4-16(12-17)19-13-14-6-8-15(18)9-7-14/h3-9,12,19H,10-11,13H2,1-2H3. The molecule has 0 spiro atoms. The number of hydrogen-bond donors (Lipinski definition) is 1. The van der Waals surface area contributed by atoms with Crippen LogP contribution in [0.3, 0.4) is 0 Å². The topological polar surface area (TPSA) is 24.5 Å². The zero-order chi connectivity index (χ0) is 15.1. The molecular formula is C17H21FN2O. The highest BCUT2D eigenvalue weighted by Crippen LogP contribution is 2.18. The van der Waals surface area contributed by atoms with Crippen molar-refractivity contribution in [2.45, 2.75) is 6.54 Å². The summed E-state index contributed by atoms with van der Waals surface area (Å²) >= 11 is 0. The van der Waals surface area contributed by atoms with Crippen LogP contribution in [0.1, 0.15) is 5.56 Å². The van der Waals surface area contributed by atoms with Gasteiger partial charge in [-0.3, -0.25) is 0 Å². The van der Waals surface area contributed by atoms with Crippen LogP contribution in [0.4, 0.5) is 10.1 Å². The Labute approximate surface area is 125 Å². The molecule has 3 nitrogen and oxygen atoms in total. The van der Waals surface area contributed by atoms with Crippen molar-refractivity contribution in [1.82, 2.24) is 4.90 Å². The highest BCUT2D eigenvalue weighted by Gasteiger charge is 1.99. The van der Waals surface area contributed by atoms with Crippen LogP contribution in [0.5, 0.6) is 5.75 Å². The van der Waals surface area contributed by atoms with E-state index in [1.54, 1.807) is 12.1 Å². The number of nitrogens with one attached hydrogen (secondary N) is 1. The molecule has 1 N–H and O–H groups in total. The second-order valence-corrected chi connectivity index (χ2v) is 5.16. The summed E-state index contributed by atoms with van der Waals surface area (Å²) in [6.07, 6.45) is 0. The number of benzene rings is 2. The van der Waals surface area contributed by atoms with Gasteiger partial charge in [0.1, 0.15) is 18.2 Å². The van der Waals surface area contributed by atoms with Crippen molar-refractivity contribution in [2.24, 2.45) is 0 Å². The lowest BCUT2D eigenvalue weighted by atomic mass is 10.2. The van der Waals surface area contributed by atoms with E-state index < -0.39 is 0 Å². The number of nitrogens with zero attached hydrogens (tertiary/aromatic N) is 1. The van der Waals surface area contributed by atoms with Gasteiger partial charge >= 0.3 is 0 Å². The van der Waals surface area contributed by atoms with Gasteiger partial charge in [0, 0.05) is 24.8 Å². The maximum atomic E-state index is 12.8. The van der Waals surface area contributed by atoms with E-state index in [9.17, 15) is 4.39 Å². The molecule has 0 saturated heterocycles. The van der Waals surface area contributed by atoms with Gasteiger partial charge in [-0.05, 0) is 43.9 Å². The normalized spacial score (nSPS) is 10.7. The number of hydrogen-bond acceptors (Lipinski definition) is 3. The fourth-order valence-electron chi connectivity index (χ4n) is 1.85. The number of anilines is 1. The molecule has 0 heterocycles. The van der Waals surface area contributed by atoms with Crippen LogP contribution < -0.4 is 10.1 Å². The van der Waals surface area contributed by atoms with Gasteiger partial charge in [-0.1, -0.05) is 18.2 Å². The summed E-state index contributed by atoms with van der Waals surface area (Å²) < 4.78 is 18.5. The van der Waals surface area contributed by atoms with Gasteiger partial charge in [0.05, 0.1) is 0 Å². The molecule has 0 saturated carbocycles. The van der Waals surface area contributed by atoms with E-state index in [4.69, 9.17) is 4.74 Å². The van der Waals surface area contributed by atoms with Gasteiger partial charge in [0.25, 0.3) is 0 Å². The van der Waals surface area contributed by atoms with Crippen LogP contribution in [-0.2, 0) is 6.54 Å². The minimum Gasteiger partial charge on any atom is -0.492 e. The van der Waals surface area contributed by atoms with E-state index >= 15 is 0 Å².